The monoisotopic (exact) mass is 226 g/mol. The van der Waals surface area contributed by atoms with E-state index in [1.165, 1.54) is 0 Å². The lowest BCUT2D eigenvalue weighted by molar-refractivity contribution is 0.146. The molecule has 1 aromatic carbocycles. The summed E-state index contributed by atoms with van der Waals surface area (Å²) in [4.78, 5) is 0. The van der Waals surface area contributed by atoms with E-state index in [4.69, 9.17) is 16.3 Å². The van der Waals surface area contributed by atoms with Crippen molar-refractivity contribution >= 4 is 11.6 Å². The van der Waals surface area contributed by atoms with Crippen LogP contribution in [0.25, 0.3) is 0 Å². The van der Waals surface area contributed by atoms with Crippen LogP contribution in [0.1, 0.15) is 29.5 Å². The summed E-state index contributed by atoms with van der Waals surface area (Å²) in [5.74, 6) is 0.736. The highest BCUT2D eigenvalue weighted by Crippen LogP contribution is 2.51. The van der Waals surface area contributed by atoms with Gasteiger partial charge in [0.15, 0.2) is 0 Å². The van der Waals surface area contributed by atoms with Crippen molar-refractivity contribution < 1.29 is 9.84 Å². The van der Waals surface area contributed by atoms with Crippen molar-refractivity contribution in [2.45, 2.75) is 32.3 Å². The molecule has 2 nitrogen and oxygen atoms in total. The number of benzene rings is 1. The molecule has 0 amide bonds. The Morgan fingerprint density at radius 2 is 2.00 bits per heavy atom. The van der Waals surface area contributed by atoms with Gasteiger partial charge in [-0.2, -0.15) is 0 Å². The molecule has 0 aliphatic heterocycles. The van der Waals surface area contributed by atoms with Crippen molar-refractivity contribution in [2.24, 2.45) is 0 Å². The highest BCUT2D eigenvalue weighted by atomic mass is 35.5. The molecule has 3 heteroatoms. The standard InChI is InChI=1S/C12H15ClO2/c1-7-6-9(13)8(2)11(15-3)10(7)12(14)4-5-12/h6,14H,4-5H2,1-3H3. The topological polar surface area (TPSA) is 29.5 Å². The summed E-state index contributed by atoms with van der Waals surface area (Å²) in [5.41, 5.74) is 2.14. The molecule has 1 N–H and O–H groups in total. The van der Waals surface area contributed by atoms with Crippen LogP contribution in [0.3, 0.4) is 0 Å². The molecule has 0 heterocycles. The molecule has 0 bridgehead atoms. The number of aliphatic hydroxyl groups is 1. The second-order valence-electron chi connectivity index (χ2n) is 4.24. The Morgan fingerprint density at radius 1 is 1.40 bits per heavy atom. The van der Waals surface area contributed by atoms with Gasteiger partial charge in [-0.05, 0) is 38.3 Å². The number of ether oxygens (including phenoxy) is 1. The minimum absolute atomic E-state index is 0.676. The van der Waals surface area contributed by atoms with Crippen molar-refractivity contribution in [3.05, 3.63) is 27.8 Å². The van der Waals surface area contributed by atoms with Crippen LogP contribution < -0.4 is 4.74 Å². The van der Waals surface area contributed by atoms with E-state index in [0.29, 0.717) is 5.02 Å². The number of aryl methyl sites for hydroxylation is 1. The molecule has 1 aliphatic carbocycles. The van der Waals surface area contributed by atoms with E-state index >= 15 is 0 Å². The number of halogens is 1. The maximum atomic E-state index is 10.2. The zero-order valence-corrected chi connectivity index (χ0v) is 9.98. The fourth-order valence-corrected chi connectivity index (χ4v) is 2.30. The first-order valence-electron chi connectivity index (χ1n) is 5.06. The van der Waals surface area contributed by atoms with Gasteiger partial charge < -0.3 is 9.84 Å². The van der Waals surface area contributed by atoms with Crippen molar-refractivity contribution in [1.29, 1.82) is 0 Å². The number of hydrogen-bond donors (Lipinski definition) is 1. The Morgan fingerprint density at radius 3 is 2.47 bits per heavy atom. The highest BCUT2D eigenvalue weighted by Gasteiger charge is 2.45. The van der Waals surface area contributed by atoms with Gasteiger partial charge in [0.1, 0.15) is 5.75 Å². The molecule has 15 heavy (non-hydrogen) atoms. The van der Waals surface area contributed by atoms with E-state index in [1.54, 1.807) is 7.11 Å². The smallest absolute Gasteiger partial charge is 0.129 e. The minimum Gasteiger partial charge on any atom is -0.496 e. The Labute approximate surface area is 94.8 Å². The van der Waals surface area contributed by atoms with Gasteiger partial charge in [-0.15, -0.1) is 0 Å². The molecule has 0 aromatic heterocycles. The zero-order chi connectivity index (χ0) is 11.2. The van der Waals surface area contributed by atoms with Gasteiger partial charge in [-0.3, -0.25) is 0 Å². The minimum atomic E-state index is -0.676. The summed E-state index contributed by atoms with van der Waals surface area (Å²) in [6, 6.07) is 1.89. The van der Waals surface area contributed by atoms with E-state index < -0.39 is 5.60 Å². The molecule has 1 saturated carbocycles. The molecule has 1 aromatic rings. The lowest BCUT2D eigenvalue weighted by atomic mass is 9.97. The lowest BCUT2D eigenvalue weighted by Gasteiger charge is -2.19. The van der Waals surface area contributed by atoms with Gasteiger partial charge in [0.05, 0.1) is 12.7 Å². The average molecular weight is 227 g/mol. The molecule has 82 valence electrons. The summed E-state index contributed by atoms with van der Waals surface area (Å²) < 4.78 is 5.36. The molecule has 0 radical (unpaired) electrons. The summed E-state index contributed by atoms with van der Waals surface area (Å²) in [6.45, 7) is 3.87. The summed E-state index contributed by atoms with van der Waals surface area (Å²) in [6.07, 6.45) is 1.62. The fourth-order valence-electron chi connectivity index (χ4n) is 2.05. The molecule has 1 aliphatic rings. The van der Waals surface area contributed by atoms with E-state index in [2.05, 4.69) is 0 Å². The van der Waals surface area contributed by atoms with Crippen molar-refractivity contribution in [1.82, 2.24) is 0 Å². The lowest BCUT2D eigenvalue weighted by Crippen LogP contribution is -2.10. The van der Waals surface area contributed by atoms with Crippen LogP contribution in [0.5, 0.6) is 5.75 Å². The van der Waals surface area contributed by atoms with Crippen LogP contribution in [-0.4, -0.2) is 12.2 Å². The average Bonchev–Trinajstić information content (AvgIpc) is 2.90. The molecular weight excluding hydrogens is 212 g/mol. The Kier molecular flexibility index (Phi) is 2.44. The predicted molar refractivity (Wildman–Crippen MR) is 60.6 cm³/mol. The Hall–Kier alpha value is -0.730. The predicted octanol–water partition coefficient (Wildman–Crippen LogP) is 2.95. The third kappa shape index (κ3) is 1.62. The van der Waals surface area contributed by atoms with Crippen LogP contribution >= 0.6 is 11.6 Å². The normalized spacial score (nSPS) is 17.7. The van der Waals surface area contributed by atoms with Gasteiger partial charge in [-0.1, -0.05) is 11.6 Å². The first-order valence-corrected chi connectivity index (χ1v) is 5.44. The first-order chi connectivity index (χ1) is 6.99. The van der Waals surface area contributed by atoms with Crippen molar-refractivity contribution in [2.75, 3.05) is 7.11 Å². The Balaban J connectivity index is 2.66. The first kappa shape index (κ1) is 10.8. The van der Waals surface area contributed by atoms with Crippen LogP contribution in [0.2, 0.25) is 5.02 Å². The van der Waals surface area contributed by atoms with Gasteiger partial charge in [-0.25, -0.2) is 0 Å². The van der Waals surface area contributed by atoms with Gasteiger partial charge in [0, 0.05) is 16.1 Å². The number of methoxy groups -OCH3 is 1. The molecule has 0 spiro atoms. The van der Waals surface area contributed by atoms with Gasteiger partial charge >= 0.3 is 0 Å². The van der Waals surface area contributed by atoms with Crippen molar-refractivity contribution in [3.8, 4) is 5.75 Å². The zero-order valence-electron chi connectivity index (χ0n) is 9.22. The van der Waals surface area contributed by atoms with Crippen LogP contribution in [0.15, 0.2) is 6.07 Å². The molecule has 2 rings (SSSR count). The summed E-state index contributed by atoms with van der Waals surface area (Å²) in [7, 11) is 1.62. The second kappa shape index (κ2) is 3.39. The van der Waals surface area contributed by atoms with Crippen molar-refractivity contribution in [3.63, 3.8) is 0 Å². The second-order valence-corrected chi connectivity index (χ2v) is 4.65. The summed E-state index contributed by atoms with van der Waals surface area (Å²) >= 11 is 6.08. The van der Waals surface area contributed by atoms with Crippen LogP contribution in [0.4, 0.5) is 0 Å². The Bertz CT molecular complexity index is 409. The largest absolute Gasteiger partial charge is 0.496 e. The van der Waals surface area contributed by atoms with E-state index in [1.807, 2.05) is 19.9 Å². The SMILES string of the molecule is COc1c(C)c(Cl)cc(C)c1C1(O)CC1. The van der Waals surface area contributed by atoms with Crippen LogP contribution in [-0.2, 0) is 5.60 Å². The fraction of sp³-hybridized carbons (Fsp3) is 0.500. The maximum absolute atomic E-state index is 10.2. The number of rotatable bonds is 2. The van der Waals surface area contributed by atoms with Gasteiger partial charge in [0.25, 0.3) is 0 Å². The van der Waals surface area contributed by atoms with Gasteiger partial charge in [0.2, 0.25) is 0 Å². The quantitative estimate of drug-likeness (QED) is 0.840. The summed E-state index contributed by atoms with van der Waals surface area (Å²) in [5, 5.41) is 10.9. The third-order valence-electron chi connectivity index (χ3n) is 3.06. The van der Waals surface area contributed by atoms with Crippen LogP contribution in [0, 0.1) is 13.8 Å². The highest BCUT2D eigenvalue weighted by molar-refractivity contribution is 6.31. The molecule has 0 atom stereocenters. The molecular formula is C12H15ClO2. The third-order valence-corrected chi connectivity index (χ3v) is 3.45. The molecule has 0 saturated heterocycles. The van der Waals surface area contributed by atoms with E-state index in [9.17, 15) is 5.11 Å². The maximum Gasteiger partial charge on any atom is 0.129 e. The molecule has 1 fully saturated rings. The molecule has 0 unspecified atom stereocenters. The van der Waals surface area contributed by atoms with E-state index in [0.717, 1.165) is 35.3 Å². The van der Waals surface area contributed by atoms with E-state index in [-0.39, 0.29) is 0 Å². The number of hydrogen-bond acceptors (Lipinski definition) is 2.